The number of carbonyl (C=O) groups is 3. The molecular weight excluding hydrogens is 276 g/mol. The molecule has 0 amide bonds. The number of carboxylic acids is 2. The van der Waals surface area contributed by atoms with E-state index in [4.69, 9.17) is 15.3 Å². The molecule has 0 aliphatic heterocycles. The van der Waals surface area contributed by atoms with E-state index < -0.39 is 53.1 Å². The summed E-state index contributed by atoms with van der Waals surface area (Å²) in [7, 11) is -4.31. The monoisotopic (exact) mass is 286 g/mol. The molecule has 0 atom stereocenters. The van der Waals surface area contributed by atoms with E-state index in [2.05, 4.69) is 8.92 Å². The van der Waals surface area contributed by atoms with Gasteiger partial charge in [-0.25, -0.2) is 0 Å². The summed E-state index contributed by atoms with van der Waals surface area (Å²) in [6.07, 6.45) is 0. The zero-order valence-corrected chi connectivity index (χ0v) is 9.62. The minimum absolute atomic E-state index is 0.568. The molecular formula is C7H10O10S. The number of aliphatic hydroxyl groups is 1. The standard InChI is InChI=1S/C7H10O10S/c8-1-2-17-18(14,15)3-16-7(13)4(5(9)10)6(11)12/h4,8H,1-3H2,(H,9,10)(H,11,12). The molecule has 104 valence electrons. The van der Waals surface area contributed by atoms with Gasteiger partial charge in [0.15, 0.2) is 0 Å². The van der Waals surface area contributed by atoms with Crippen molar-refractivity contribution in [3.05, 3.63) is 0 Å². The van der Waals surface area contributed by atoms with Crippen molar-refractivity contribution in [2.75, 3.05) is 19.2 Å². The molecule has 0 rings (SSSR count). The third-order valence-electron chi connectivity index (χ3n) is 1.43. The van der Waals surface area contributed by atoms with Crippen LogP contribution in [-0.2, 0) is 33.4 Å². The van der Waals surface area contributed by atoms with E-state index in [0.717, 1.165) is 0 Å². The van der Waals surface area contributed by atoms with Crippen molar-refractivity contribution < 1.29 is 47.0 Å². The minimum atomic E-state index is -4.31. The number of aliphatic hydroxyl groups excluding tert-OH is 1. The van der Waals surface area contributed by atoms with Crippen LogP contribution in [0.5, 0.6) is 0 Å². The maximum atomic E-state index is 11.0. The van der Waals surface area contributed by atoms with Gasteiger partial charge in [-0.3, -0.25) is 18.6 Å². The highest BCUT2D eigenvalue weighted by molar-refractivity contribution is 7.86. The van der Waals surface area contributed by atoms with Gasteiger partial charge in [0.05, 0.1) is 13.2 Å². The molecule has 0 saturated heterocycles. The molecule has 0 fully saturated rings. The van der Waals surface area contributed by atoms with Crippen LogP contribution in [0.15, 0.2) is 0 Å². The Morgan fingerprint density at radius 3 is 2.00 bits per heavy atom. The molecule has 0 aliphatic carbocycles. The van der Waals surface area contributed by atoms with E-state index in [1.54, 1.807) is 0 Å². The summed E-state index contributed by atoms with van der Waals surface area (Å²) < 4.78 is 30.0. The number of esters is 1. The minimum Gasteiger partial charge on any atom is -0.480 e. The summed E-state index contributed by atoms with van der Waals surface area (Å²) in [6.45, 7) is -1.17. The topological polar surface area (TPSA) is 164 Å². The van der Waals surface area contributed by atoms with Crippen molar-refractivity contribution in [1.29, 1.82) is 0 Å². The fourth-order valence-electron chi connectivity index (χ4n) is 0.719. The molecule has 0 heterocycles. The predicted octanol–water partition coefficient (Wildman–Crippen LogP) is -2.39. The van der Waals surface area contributed by atoms with Crippen LogP contribution in [0.4, 0.5) is 0 Å². The smallest absolute Gasteiger partial charge is 0.333 e. The number of carbonyl (C=O) groups excluding carboxylic acids is 1. The summed E-state index contributed by atoms with van der Waals surface area (Å²) in [6, 6.07) is 0. The SMILES string of the molecule is O=C(O)C(C(=O)O)C(=O)OCS(=O)(=O)OCCO. The molecule has 0 saturated carbocycles. The number of carboxylic acid groups (broad SMARTS) is 2. The summed E-state index contributed by atoms with van der Waals surface area (Å²) >= 11 is 0. The number of rotatable bonds is 8. The highest BCUT2D eigenvalue weighted by atomic mass is 32.2. The first kappa shape index (κ1) is 16.3. The van der Waals surface area contributed by atoms with Gasteiger partial charge in [-0.1, -0.05) is 0 Å². The van der Waals surface area contributed by atoms with Gasteiger partial charge in [0.2, 0.25) is 11.9 Å². The molecule has 0 spiro atoms. The van der Waals surface area contributed by atoms with Crippen LogP contribution in [0, 0.1) is 5.92 Å². The van der Waals surface area contributed by atoms with Gasteiger partial charge in [-0.05, 0) is 0 Å². The first-order valence-electron chi connectivity index (χ1n) is 4.31. The first-order chi connectivity index (χ1) is 8.21. The molecule has 0 aromatic carbocycles. The summed E-state index contributed by atoms with van der Waals surface area (Å²) in [4.78, 5) is 31.8. The van der Waals surface area contributed by atoms with Gasteiger partial charge in [0.1, 0.15) is 0 Å². The number of hydrogen-bond donors (Lipinski definition) is 3. The van der Waals surface area contributed by atoms with E-state index in [9.17, 15) is 22.8 Å². The first-order valence-corrected chi connectivity index (χ1v) is 5.89. The van der Waals surface area contributed by atoms with Gasteiger partial charge >= 0.3 is 28.0 Å². The van der Waals surface area contributed by atoms with E-state index in [1.165, 1.54) is 0 Å². The van der Waals surface area contributed by atoms with Crippen LogP contribution < -0.4 is 0 Å². The molecule has 0 aliphatic rings. The summed E-state index contributed by atoms with van der Waals surface area (Å²) in [5.41, 5.74) is 0. The Balaban J connectivity index is 4.49. The maximum Gasteiger partial charge on any atom is 0.333 e. The second-order valence-electron chi connectivity index (χ2n) is 2.79. The fraction of sp³-hybridized carbons (Fsp3) is 0.571. The highest BCUT2D eigenvalue weighted by Gasteiger charge is 2.36. The van der Waals surface area contributed by atoms with Crippen molar-refractivity contribution >= 4 is 28.0 Å². The van der Waals surface area contributed by atoms with Gasteiger partial charge in [-0.2, -0.15) is 8.42 Å². The molecule has 18 heavy (non-hydrogen) atoms. The quantitative estimate of drug-likeness (QED) is 0.249. The van der Waals surface area contributed by atoms with Gasteiger partial charge < -0.3 is 20.1 Å². The maximum absolute atomic E-state index is 11.0. The summed E-state index contributed by atoms with van der Waals surface area (Å²) in [5, 5.41) is 25.1. The van der Waals surface area contributed by atoms with Crippen LogP contribution in [0.3, 0.4) is 0 Å². The Bertz CT molecular complexity index is 410. The number of hydrogen-bond acceptors (Lipinski definition) is 8. The van der Waals surface area contributed by atoms with Crippen LogP contribution >= 0.6 is 0 Å². The Hall–Kier alpha value is -1.72. The second kappa shape index (κ2) is 6.88. The van der Waals surface area contributed by atoms with E-state index in [1.807, 2.05) is 0 Å². The molecule has 0 unspecified atom stereocenters. The predicted molar refractivity (Wildman–Crippen MR) is 51.7 cm³/mol. The largest absolute Gasteiger partial charge is 0.480 e. The fourth-order valence-corrected chi connectivity index (χ4v) is 1.38. The van der Waals surface area contributed by atoms with Gasteiger partial charge in [0, 0.05) is 0 Å². The van der Waals surface area contributed by atoms with Crippen LogP contribution in [0.2, 0.25) is 0 Å². The molecule has 10 nitrogen and oxygen atoms in total. The van der Waals surface area contributed by atoms with Gasteiger partial charge in [0.25, 0.3) is 0 Å². The molecule has 0 radical (unpaired) electrons. The lowest BCUT2D eigenvalue weighted by Gasteiger charge is -2.08. The average Bonchev–Trinajstić information content (AvgIpc) is 2.23. The lowest BCUT2D eigenvalue weighted by molar-refractivity contribution is -0.166. The van der Waals surface area contributed by atoms with E-state index in [0.29, 0.717) is 0 Å². The zero-order valence-electron chi connectivity index (χ0n) is 8.81. The highest BCUT2D eigenvalue weighted by Crippen LogP contribution is 2.03. The van der Waals surface area contributed by atoms with Crippen LogP contribution in [-0.4, -0.2) is 60.8 Å². The van der Waals surface area contributed by atoms with Crippen molar-refractivity contribution in [3.8, 4) is 0 Å². The van der Waals surface area contributed by atoms with Crippen LogP contribution in [0.1, 0.15) is 0 Å². The normalized spacial score (nSPS) is 11.2. The Morgan fingerprint density at radius 1 is 1.11 bits per heavy atom. The third kappa shape index (κ3) is 5.56. The lowest BCUT2D eigenvalue weighted by atomic mass is 10.1. The number of ether oxygens (including phenoxy) is 1. The third-order valence-corrected chi connectivity index (χ3v) is 2.36. The Labute approximate surface area is 101 Å². The van der Waals surface area contributed by atoms with Crippen molar-refractivity contribution in [2.45, 2.75) is 0 Å². The molecule has 0 aromatic heterocycles. The second-order valence-corrected chi connectivity index (χ2v) is 4.38. The van der Waals surface area contributed by atoms with Crippen molar-refractivity contribution in [3.63, 3.8) is 0 Å². The average molecular weight is 286 g/mol. The Kier molecular flexibility index (Phi) is 6.22. The van der Waals surface area contributed by atoms with E-state index >= 15 is 0 Å². The molecule has 11 heteroatoms. The Morgan fingerprint density at radius 2 is 1.61 bits per heavy atom. The van der Waals surface area contributed by atoms with E-state index in [-0.39, 0.29) is 0 Å². The molecule has 0 aromatic rings. The lowest BCUT2D eigenvalue weighted by Crippen LogP contribution is -2.34. The molecule has 0 bridgehead atoms. The van der Waals surface area contributed by atoms with Crippen LogP contribution in [0.25, 0.3) is 0 Å². The summed E-state index contributed by atoms with van der Waals surface area (Å²) in [5.74, 6) is -9.57. The number of aliphatic carboxylic acids is 2. The molecule has 3 N–H and O–H groups in total. The van der Waals surface area contributed by atoms with Crippen molar-refractivity contribution in [2.24, 2.45) is 5.92 Å². The van der Waals surface area contributed by atoms with Gasteiger partial charge in [-0.15, -0.1) is 0 Å². The zero-order chi connectivity index (χ0) is 14.3. The van der Waals surface area contributed by atoms with Crippen molar-refractivity contribution in [1.82, 2.24) is 0 Å².